The van der Waals surface area contributed by atoms with Gasteiger partial charge in [-0.15, -0.1) is 0 Å². The minimum absolute atomic E-state index is 0.00667. The molecule has 0 saturated heterocycles. The molecule has 12 nitrogen and oxygen atoms in total. The van der Waals surface area contributed by atoms with E-state index in [4.69, 9.17) is 32.8 Å². The highest BCUT2D eigenvalue weighted by atomic mass is 35.5. The molecule has 6 N–H and O–H groups in total. The smallest absolute Gasteiger partial charge is 0.355 e. The van der Waals surface area contributed by atoms with Gasteiger partial charge in [0.1, 0.15) is 11.2 Å². The molecule has 0 saturated carbocycles. The van der Waals surface area contributed by atoms with Crippen LogP contribution in [0.4, 0.5) is 11.8 Å². The van der Waals surface area contributed by atoms with Crippen molar-refractivity contribution < 1.29 is 23.8 Å². The van der Waals surface area contributed by atoms with E-state index in [9.17, 15) is 9.59 Å². The quantitative estimate of drug-likeness (QED) is 0.264. The lowest BCUT2D eigenvalue weighted by Crippen LogP contribution is -2.14. The van der Waals surface area contributed by atoms with Crippen LogP contribution >= 0.6 is 11.8 Å². The maximum Gasteiger partial charge on any atom is 0.355 e. The summed E-state index contributed by atoms with van der Waals surface area (Å²) in [5.41, 5.74) is 13.4. The normalized spacial score (nSPS) is 10.7. The molecule has 0 aliphatic rings. The molecule has 0 atom stereocenters. The van der Waals surface area contributed by atoms with Gasteiger partial charge in [0, 0.05) is 19.5 Å². The summed E-state index contributed by atoms with van der Waals surface area (Å²) in [5.74, 6) is -1.53. The number of halogens is 1. The van der Waals surface area contributed by atoms with Crippen LogP contribution in [0, 0.1) is 6.92 Å². The highest BCUT2D eigenvalue weighted by Crippen LogP contribution is 2.19. The van der Waals surface area contributed by atoms with Gasteiger partial charge in [-0.2, -0.15) is 4.98 Å². The molecule has 13 heteroatoms. The van der Waals surface area contributed by atoms with Gasteiger partial charge in [-0.1, -0.05) is 6.07 Å². The molecule has 0 aliphatic heterocycles. The second-order valence-electron chi connectivity index (χ2n) is 6.18. The Kier molecular flexibility index (Phi) is 6.22. The number of aromatic carboxylic acids is 1. The van der Waals surface area contributed by atoms with Gasteiger partial charge in [0.15, 0.2) is 28.6 Å². The van der Waals surface area contributed by atoms with E-state index >= 15 is 0 Å². The number of anilines is 2. The Morgan fingerprint density at radius 2 is 2.00 bits per heavy atom. The zero-order valence-corrected chi connectivity index (χ0v) is 17.2. The van der Waals surface area contributed by atoms with Gasteiger partial charge in [-0.25, -0.2) is 24.4 Å². The molecule has 162 valence electrons. The number of imidazole rings is 1. The van der Waals surface area contributed by atoms with Crippen molar-refractivity contribution in [3.63, 3.8) is 0 Å². The molecular formula is C18H18ClN7O5. The van der Waals surface area contributed by atoms with Crippen LogP contribution < -0.4 is 16.3 Å². The Morgan fingerprint density at radius 3 is 2.65 bits per heavy atom. The van der Waals surface area contributed by atoms with E-state index in [1.165, 1.54) is 0 Å². The number of rotatable bonds is 4. The second kappa shape index (κ2) is 8.85. The van der Waals surface area contributed by atoms with Crippen molar-refractivity contribution in [3.8, 4) is 0 Å². The molecule has 1 aromatic carbocycles. The fourth-order valence-corrected chi connectivity index (χ4v) is 2.93. The number of carbonyl (C=O) groups is 2. The third-order valence-corrected chi connectivity index (χ3v) is 4.22. The van der Waals surface area contributed by atoms with E-state index in [-0.39, 0.29) is 28.8 Å². The third kappa shape index (κ3) is 4.49. The van der Waals surface area contributed by atoms with E-state index in [1.54, 1.807) is 0 Å². The fraction of sp³-hybridized carbons (Fsp3) is 0.167. The topological polar surface area (TPSA) is 184 Å². The number of esters is 1. The zero-order chi connectivity index (χ0) is 22.7. The van der Waals surface area contributed by atoms with Gasteiger partial charge in [0.25, 0.3) is 0 Å². The molecule has 3 heterocycles. The number of hydrogen-bond donors (Lipinski definition) is 4. The Labute approximate surface area is 179 Å². The number of benzene rings is 1. The van der Waals surface area contributed by atoms with E-state index in [2.05, 4.69) is 24.5 Å². The summed E-state index contributed by atoms with van der Waals surface area (Å²) in [4.78, 5) is 36.8. The second-order valence-corrected chi connectivity index (χ2v) is 6.45. The molecule has 3 aromatic heterocycles. The number of ether oxygens (including phenoxy) is 1. The predicted octanol–water partition coefficient (Wildman–Crippen LogP) is 1.76. The largest absolute Gasteiger partial charge is 0.477 e. The number of carboxylic acids is 1. The van der Waals surface area contributed by atoms with Gasteiger partial charge in [0.2, 0.25) is 5.95 Å². The molecule has 0 unspecified atom stereocenters. The summed E-state index contributed by atoms with van der Waals surface area (Å²) in [7, 11) is 1.16. The van der Waals surface area contributed by atoms with Gasteiger partial charge in [0.05, 0.1) is 7.11 Å². The lowest BCUT2D eigenvalue weighted by atomic mass is 10.2. The van der Waals surface area contributed by atoms with Crippen LogP contribution in [-0.2, 0) is 11.3 Å². The molecular weight excluding hydrogens is 430 g/mol. The molecule has 0 fully saturated rings. The number of aryl methyl sites for hydroxylation is 1. The number of oxazole rings is 1. The van der Waals surface area contributed by atoms with Crippen LogP contribution in [0.1, 0.15) is 32.4 Å². The summed E-state index contributed by atoms with van der Waals surface area (Å²) in [5, 5.41) is 8.90. The summed E-state index contributed by atoms with van der Waals surface area (Å²) in [6.07, 6.45) is 0. The summed E-state index contributed by atoms with van der Waals surface area (Å²) < 4.78 is 11.0. The molecule has 4 aromatic rings. The minimum atomic E-state index is -1.30. The number of fused-ring (bicyclic) bond motifs is 2. The Morgan fingerprint density at radius 1 is 1.26 bits per heavy atom. The Hall–Kier alpha value is -3.90. The van der Waals surface area contributed by atoms with E-state index < -0.39 is 11.9 Å². The maximum absolute atomic E-state index is 11.6. The number of aromatic nitrogens is 4. The number of carbonyl (C=O) groups excluding carboxylic acids is 1. The molecule has 0 spiro atoms. The number of nitrogens with one attached hydrogen (secondary N) is 1. The minimum Gasteiger partial charge on any atom is -0.477 e. The molecule has 4 rings (SSSR count). The summed E-state index contributed by atoms with van der Waals surface area (Å²) in [6.45, 7) is 2.46. The highest BCUT2D eigenvalue weighted by molar-refractivity contribution is 6.13. The lowest BCUT2D eigenvalue weighted by molar-refractivity contribution is 0.0592. The molecule has 0 bridgehead atoms. The lowest BCUT2D eigenvalue weighted by Gasteiger charge is -2.05. The van der Waals surface area contributed by atoms with Crippen molar-refractivity contribution in [2.24, 2.45) is 0 Å². The van der Waals surface area contributed by atoms with Gasteiger partial charge >= 0.3 is 11.9 Å². The zero-order valence-electron chi connectivity index (χ0n) is 16.4. The standard InChI is InChI=1S/C9H9ClN2O.C9H9N5O4/c1-6-12-8-4-7(5-11-10)2-3-9(8)13-6;1-18-8(17)4-2-3(7(15)16)12-6-5(10)13-9(11)14(4)6/h2-4,11H,5H2,1H3;2H,10H2,1H3,(H2,11,13)(H,15,16). The molecule has 31 heavy (non-hydrogen) atoms. The van der Waals surface area contributed by atoms with Crippen molar-refractivity contribution in [1.82, 2.24) is 24.2 Å². The van der Waals surface area contributed by atoms with Crippen LogP contribution in [0.2, 0.25) is 0 Å². The number of nitrogen functional groups attached to an aromatic ring is 2. The number of carboxylic acid groups (broad SMARTS) is 1. The Balaban J connectivity index is 0.000000185. The van der Waals surface area contributed by atoms with E-state index in [1.807, 2.05) is 25.1 Å². The third-order valence-electron chi connectivity index (χ3n) is 4.09. The molecule has 0 radical (unpaired) electrons. The molecule has 0 amide bonds. The SMILES string of the molecule is COC(=O)c1cc(C(=O)O)nc2c(N)nc(N)n12.Cc1nc2cc(CNCl)ccc2o1. The van der Waals surface area contributed by atoms with E-state index in [0.717, 1.165) is 34.2 Å². The first-order valence-electron chi connectivity index (χ1n) is 8.70. The van der Waals surface area contributed by atoms with Crippen LogP contribution in [0.5, 0.6) is 0 Å². The molecule has 0 aliphatic carbocycles. The van der Waals surface area contributed by atoms with Crippen molar-refractivity contribution in [1.29, 1.82) is 0 Å². The number of nitrogens with zero attached hydrogens (tertiary/aromatic N) is 4. The average molecular weight is 448 g/mol. The van der Waals surface area contributed by atoms with Gasteiger partial charge < -0.3 is 25.7 Å². The number of methoxy groups -OCH3 is 1. The average Bonchev–Trinajstić information content (AvgIpc) is 3.25. The van der Waals surface area contributed by atoms with E-state index in [0.29, 0.717) is 12.4 Å². The predicted molar refractivity (Wildman–Crippen MR) is 112 cm³/mol. The van der Waals surface area contributed by atoms with Crippen LogP contribution in [0.25, 0.3) is 16.7 Å². The summed E-state index contributed by atoms with van der Waals surface area (Å²) in [6, 6.07) is 6.86. The van der Waals surface area contributed by atoms with Crippen LogP contribution in [0.15, 0.2) is 28.7 Å². The number of hydrogen-bond acceptors (Lipinski definition) is 10. The van der Waals surface area contributed by atoms with Gasteiger partial charge in [-0.05, 0) is 29.5 Å². The van der Waals surface area contributed by atoms with Crippen molar-refractivity contribution in [3.05, 3.63) is 47.1 Å². The van der Waals surface area contributed by atoms with Crippen molar-refractivity contribution in [2.45, 2.75) is 13.5 Å². The van der Waals surface area contributed by atoms with Crippen molar-refractivity contribution in [2.75, 3.05) is 18.6 Å². The summed E-state index contributed by atoms with van der Waals surface area (Å²) >= 11 is 5.40. The monoisotopic (exact) mass is 447 g/mol. The Bertz CT molecular complexity index is 1280. The van der Waals surface area contributed by atoms with Gasteiger partial charge in [-0.3, -0.25) is 4.40 Å². The highest BCUT2D eigenvalue weighted by Gasteiger charge is 2.21. The first kappa shape index (κ1) is 21.8. The van der Waals surface area contributed by atoms with Crippen LogP contribution in [-0.4, -0.2) is 43.5 Å². The first-order valence-corrected chi connectivity index (χ1v) is 9.08. The fourth-order valence-electron chi connectivity index (χ4n) is 2.77. The number of nitrogens with two attached hydrogens (primary N) is 2. The van der Waals surface area contributed by atoms with Crippen LogP contribution in [0.3, 0.4) is 0 Å². The first-order chi connectivity index (χ1) is 14.7. The van der Waals surface area contributed by atoms with Crippen molar-refractivity contribution >= 4 is 52.2 Å². The maximum atomic E-state index is 11.6.